The Morgan fingerprint density at radius 1 is 0.392 bits per heavy atom. The summed E-state index contributed by atoms with van der Waals surface area (Å²) in [7, 11) is -2.90. The molecule has 3 nitrogen and oxygen atoms in total. The fourth-order valence-corrected chi connectivity index (χ4v) is 10.6. The first-order valence-corrected chi connectivity index (χ1v) is 24.5. The lowest BCUT2D eigenvalue weighted by atomic mass is 10.0. The molecule has 0 unspecified atom stereocenters. The molecule has 0 amide bonds. The summed E-state index contributed by atoms with van der Waals surface area (Å²) in [6.45, 7) is 8.25. The van der Waals surface area contributed by atoms with Crippen molar-refractivity contribution in [2.24, 2.45) is 0 Å². The van der Waals surface area contributed by atoms with Crippen molar-refractivity contribution in [2.75, 3.05) is 13.2 Å². The van der Waals surface area contributed by atoms with Gasteiger partial charge < -0.3 is 14.3 Å². The van der Waals surface area contributed by atoms with Crippen LogP contribution in [0.5, 0.6) is 11.5 Å². The third-order valence-electron chi connectivity index (χ3n) is 10.8. The van der Waals surface area contributed by atoms with Crippen molar-refractivity contribution in [3.8, 4) is 11.5 Å². The fraction of sp³-hybridized carbons (Fsp3) is 0.745. The predicted octanol–water partition coefficient (Wildman–Crippen LogP) is 13.9. The molecule has 292 valence electrons. The highest BCUT2D eigenvalue weighted by Gasteiger charge is 2.35. The molecule has 0 bridgehead atoms. The molecule has 2 aromatic rings. The minimum Gasteiger partial charge on any atom is -0.494 e. The van der Waals surface area contributed by atoms with E-state index >= 15 is 0 Å². The Morgan fingerprint density at radius 3 is 0.980 bits per heavy atom. The fourth-order valence-electron chi connectivity index (χ4n) is 7.48. The van der Waals surface area contributed by atoms with Crippen LogP contribution in [-0.4, -0.2) is 26.3 Å². The lowest BCUT2D eigenvalue weighted by Gasteiger charge is -2.27. The van der Waals surface area contributed by atoms with Crippen LogP contribution >= 0.6 is 0 Å². The quantitative estimate of drug-likeness (QED) is 0.0562. The van der Waals surface area contributed by atoms with Crippen LogP contribution in [0.2, 0.25) is 6.04 Å². The van der Waals surface area contributed by atoms with Gasteiger partial charge in [0.05, 0.1) is 13.2 Å². The van der Waals surface area contributed by atoms with Gasteiger partial charge in [-0.3, -0.25) is 0 Å². The summed E-state index contributed by atoms with van der Waals surface area (Å²) in [5.74, 6) is 1.77. The van der Waals surface area contributed by atoms with Gasteiger partial charge in [-0.25, -0.2) is 0 Å². The highest BCUT2D eigenvalue weighted by molar-refractivity contribution is 6.96. The van der Waals surface area contributed by atoms with Gasteiger partial charge in [-0.2, -0.15) is 0 Å². The third-order valence-corrected chi connectivity index (χ3v) is 14.5. The molecule has 2 rings (SSSR count). The van der Waals surface area contributed by atoms with Crippen molar-refractivity contribution in [2.45, 2.75) is 213 Å². The highest BCUT2D eigenvalue weighted by atomic mass is 28.4. The zero-order chi connectivity index (χ0) is 36.5. The van der Waals surface area contributed by atoms with Crippen molar-refractivity contribution >= 4 is 18.7 Å². The van der Waals surface area contributed by atoms with Gasteiger partial charge in [0.25, 0.3) is 8.32 Å². The van der Waals surface area contributed by atoms with Crippen molar-refractivity contribution in [3.63, 3.8) is 0 Å². The summed E-state index contributed by atoms with van der Waals surface area (Å²) in [6, 6.07) is 17.4. The lowest BCUT2D eigenvalue weighted by molar-refractivity contribution is 0.304. The van der Waals surface area contributed by atoms with E-state index in [-0.39, 0.29) is 0 Å². The monoisotopic (exact) mass is 723 g/mol. The highest BCUT2D eigenvalue weighted by Crippen LogP contribution is 2.20. The molecule has 0 aliphatic carbocycles. The average molecular weight is 723 g/mol. The number of benzene rings is 2. The first-order chi connectivity index (χ1) is 25.1. The van der Waals surface area contributed by atoms with E-state index in [1.54, 1.807) is 0 Å². The van der Waals surface area contributed by atoms with Crippen LogP contribution in [0.25, 0.3) is 0 Å². The summed E-state index contributed by atoms with van der Waals surface area (Å²) in [5, 5.41) is 2.07. The molecule has 4 heteroatoms. The molecule has 0 atom stereocenters. The standard InChI is InChI=1S/C47H82O3Si/c1-4-7-9-11-13-15-17-19-21-23-25-27-29-31-39-49-44-35-33-37-46(42-44)51(48,41-6-3)47-38-34-36-45(43-47)50-40-32-30-28-26-24-22-20-18-16-14-12-10-8-5-2/h33-38,42-43,48H,4-32,39-41H2,1-3H3. The second-order valence-electron chi connectivity index (χ2n) is 15.6. The molecule has 0 heterocycles. The van der Waals surface area contributed by atoms with E-state index in [9.17, 15) is 4.80 Å². The van der Waals surface area contributed by atoms with E-state index in [1.807, 2.05) is 12.1 Å². The summed E-state index contributed by atoms with van der Waals surface area (Å²) >= 11 is 0. The Bertz CT molecular complexity index is 978. The Kier molecular flexibility index (Phi) is 28.2. The SMILES string of the molecule is CCCCCCCCCCCCCCCCOc1cccc([Si](O)(CCC)c2cccc(OCCCCCCCCCCCCCCCC)c2)c1. The van der Waals surface area contributed by atoms with Gasteiger partial charge >= 0.3 is 0 Å². The molecule has 0 aliphatic heterocycles. The molecule has 0 aromatic heterocycles. The number of hydrogen-bond donors (Lipinski definition) is 1. The molecule has 0 aliphatic rings. The van der Waals surface area contributed by atoms with Gasteiger partial charge in [-0.1, -0.05) is 218 Å². The van der Waals surface area contributed by atoms with Crippen LogP contribution in [0, 0.1) is 0 Å². The van der Waals surface area contributed by atoms with Gasteiger partial charge in [0, 0.05) is 0 Å². The zero-order valence-corrected chi connectivity index (χ0v) is 35.0. The maximum absolute atomic E-state index is 12.2. The Labute approximate surface area is 318 Å². The van der Waals surface area contributed by atoms with Gasteiger partial charge in [0.1, 0.15) is 11.5 Å². The molecule has 0 spiro atoms. The summed E-state index contributed by atoms with van der Waals surface area (Å²) < 4.78 is 12.4. The maximum Gasteiger partial charge on any atom is 0.252 e. The molecule has 2 aromatic carbocycles. The smallest absolute Gasteiger partial charge is 0.252 e. The first kappa shape index (κ1) is 45.4. The van der Waals surface area contributed by atoms with E-state index in [0.29, 0.717) is 0 Å². The van der Waals surface area contributed by atoms with Crippen LogP contribution < -0.4 is 19.8 Å². The maximum atomic E-state index is 12.2. The largest absolute Gasteiger partial charge is 0.494 e. The molecule has 0 saturated heterocycles. The summed E-state index contributed by atoms with van der Waals surface area (Å²) in [4.78, 5) is 12.2. The van der Waals surface area contributed by atoms with Crippen molar-refractivity contribution in [1.82, 2.24) is 0 Å². The second kappa shape index (κ2) is 31.7. The lowest BCUT2D eigenvalue weighted by Crippen LogP contribution is -2.58. The van der Waals surface area contributed by atoms with E-state index in [2.05, 4.69) is 57.2 Å². The second-order valence-corrected chi connectivity index (χ2v) is 18.9. The zero-order valence-electron chi connectivity index (χ0n) is 34.0. The van der Waals surface area contributed by atoms with Crippen LogP contribution in [0.4, 0.5) is 0 Å². The van der Waals surface area contributed by atoms with Gasteiger partial charge in [-0.05, 0) is 53.5 Å². The number of ether oxygens (including phenoxy) is 2. The minimum absolute atomic E-state index is 0.748. The average Bonchev–Trinajstić information content (AvgIpc) is 3.15. The molecular weight excluding hydrogens is 641 g/mol. The van der Waals surface area contributed by atoms with E-state index in [0.717, 1.165) is 60.4 Å². The van der Waals surface area contributed by atoms with Crippen molar-refractivity contribution in [3.05, 3.63) is 48.5 Å². The van der Waals surface area contributed by atoms with Gasteiger partial charge in [0.2, 0.25) is 0 Å². The van der Waals surface area contributed by atoms with Gasteiger partial charge in [0.15, 0.2) is 0 Å². The Morgan fingerprint density at radius 2 is 0.686 bits per heavy atom. The van der Waals surface area contributed by atoms with Crippen LogP contribution in [0.15, 0.2) is 48.5 Å². The number of unbranched alkanes of at least 4 members (excludes halogenated alkanes) is 26. The van der Waals surface area contributed by atoms with Crippen molar-refractivity contribution in [1.29, 1.82) is 0 Å². The van der Waals surface area contributed by atoms with Crippen molar-refractivity contribution < 1.29 is 14.3 Å². The normalized spacial score (nSPS) is 11.7. The van der Waals surface area contributed by atoms with Crippen LogP contribution in [-0.2, 0) is 0 Å². The predicted molar refractivity (Wildman–Crippen MR) is 227 cm³/mol. The molecule has 0 radical (unpaired) electrons. The van der Waals surface area contributed by atoms with E-state index < -0.39 is 8.32 Å². The topological polar surface area (TPSA) is 38.7 Å². The van der Waals surface area contributed by atoms with Crippen LogP contribution in [0.3, 0.4) is 0 Å². The summed E-state index contributed by atoms with van der Waals surface area (Å²) in [5.41, 5.74) is 0. The molecule has 1 N–H and O–H groups in total. The van der Waals surface area contributed by atoms with E-state index in [4.69, 9.17) is 9.47 Å². The number of hydrogen-bond acceptors (Lipinski definition) is 3. The molecular formula is C47H82O3Si. The first-order valence-electron chi connectivity index (χ1n) is 22.3. The Balaban J connectivity index is 1.63. The third kappa shape index (κ3) is 22.1. The summed E-state index contributed by atoms with van der Waals surface area (Å²) in [6.07, 6.45) is 39.1. The van der Waals surface area contributed by atoms with Gasteiger partial charge in [-0.15, -0.1) is 0 Å². The minimum atomic E-state index is -2.90. The molecule has 0 fully saturated rings. The molecule has 51 heavy (non-hydrogen) atoms. The van der Waals surface area contributed by atoms with E-state index in [1.165, 1.54) is 167 Å². The molecule has 0 saturated carbocycles. The van der Waals surface area contributed by atoms with Crippen LogP contribution in [0.1, 0.15) is 207 Å². The Hall–Kier alpha value is -1.78. The number of rotatable bonds is 36.